The Morgan fingerprint density at radius 2 is 1.77 bits per heavy atom. The van der Waals surface area contributed by atoms with Gasteiger partial charge < -0.3 is 0 Å². The van der Waals surface area contributed by atoms with Gasteiger partial charge in [-0.05, 0) is 38.4 Å². The molecule has 0 spiro atoms. The number of halogens is 3. The molecule has 2 aromatic rings. The van der Waals surface area contributed by atoms with Crippen LogP contribution in [0.1, 0.15) is 37.2 Å². The predicted octanol–water partition coefficient (Wildman–Crippen LogP) is 3.65. The molecule has 1 aromatic carbocycles. The molecule has 0 aliphatic carbocycles. The molecule has 1 N–H and O–H groups in total. The highest BCUT2D eigenvalue weighted by Gasteiger charge is 2.35. The maximum atomic E-state index is 12.5. The Bertz CT molecular complexity index is 627. The molecule has 22 heavy (non-hydrogen) atoms. The minimum absolute atomic E-state index is 0.0627. The normalized spacial score (nSPS) is 17.8. The van der Waals surface area contributed by atoms with Crippen LogP contribution < -0.4 is 0 Å². The summed E-state index contributed by atoms with van der Waals surface area (Å²) < 4.78 is 37.6. The van der Waals surface area contributed by atoms with Crippen molar-refractivity contribution in [1.29, 1.82) is 0 Å². The summed E-state index contributed by atoms with van der Waals surface area (Å²) in [6.07, 6.45) is -2.06. The number of nitrogens with zero attached hydrogens (tertiary/aromatic N) is 3. The fourth-order valence-corrected chi connectivity index (χ4v) is 2.77. The molecule has 1 aliphatic heterocycles. The Morgan fingerprint density at radius 3 is 2.32 bits per heavy atom. The first kappa shape index (κ1) is 15.0. The van der Waals surface area contributed by atoms with E-state index in [1.54, 1.807) is 12.1 Å². The molecule has 0 amide bonds. The number of aromatic amines is 1. The van der Waals surface area contributed by atoms with Gasteiger partial charge in [-0.2, -0.15) is 18.3 Å². The zero-order chi connectivity index (χ0) is 15.7. The van der Waals surface area contributed by atoms with E-state index in [-0.39, 0.29) is 5.82 Å². The summed E-state index contributed by atoms with van der Waals surface area (Å²) in [5, 5.41) is 5.57. The van der Waals surface area contributed by atoms with E-state index < -0.39 is 12.0 Å². The smallest absolute Gasteiger partial charge is 0.297 e. The van der Waals surface area contributed by atoms with E-state index in [2.05, 4.69) is 21.9 Å². The van der Waals surface area contributed by atoms with Gasteiger partial charge in [0.25, 0.3) is 0 Å². The molecule has 4 nitrogen and oxygen atoms in total. The standard InChI is InChI=1S/C15H17F3N4/c1-10(22-8-2-3-9-22)11-4-6-12(7-5-11)13-19-14(21-20-13)15(16,17)18/h4-7,10H,2-3,8-9H2,1H3,(H,19,20,21). The first-order chi connectivity index (χ1) is 10.4. The molecular formula is C15H17F3N4. The molecule has 2 heterocycles. The van der Waals surface area contributed by atoms with Crippen LogP contribution in [0, 0.1) is 0 Å². The Kier molecular flexibility index (Phi) is 3.90. The second-order valence-corrected chi connectivity index (χ2v) is 5.55. The lowest BCUT2D eigenvalue weighted by atomic mass is 10.0. The van der Waals surface area contributed by atoms with E-state index in [1.165, 1.54) is 12.8 Å². The minimum atomic E-state index is -4.50. The summed E-state index contributed by atoms with van der Waals surface area (Å²) in [7, 11) is 0. The maximum Gasteiger partial charge on any atom is 0.451 e. The molecular weight excluding hydrogens is 293 g/mol. The van der Waals surface area contributed by atoms with Gasteiger partial charge in [-0.15, -0.1) is 0 Å². The summed E-state index contributed by atoms with van der Waals surface area (Å²) in [6.45, 7) is 4.34. The van der Waals surface area contributed by atoms with Crippen LogP contribution in [0.2, 0.25) is 0 Å². The number of hydrogen-bond donors (Lipinski definition) is 1. The van der Waals surface area contributed by atoms with Crippen LogP contribution in [0.15, 0.2) is 24.3 Å². The lowest BCUT2D eigenvalue weighted by Crippen LogP contribution is -2.23. The van der Waals surface area contributed by atoms with Crippen LogP contribution in [0.4, 0.5) is 13.2 Å². The SMILES string of the molecule is CC(c1ccc(-c2n[nH]c(C(F)(F)F)n2)cc1)N1CCCC1. The molecule has 3 rings (SSSR count). The summed E-state index contributed by atoms with van der Waals surface area (Å²) in [5.74, 6) is -1.01. The van der Waals surface area contributed by atoms with Crippen molar-refractivity contribution in [1.82, 2.24) is 20.1 Å². The molecule has 1 unspecified atom stereocenters. The molecule has 118 valence electrons. The van der Waals surface area contributed by atoms with Crippen molar-refractivity contribution in [2.45, 2.75) is 32.0 Å². The van der Waals surface area contributed by atoms with Crippen LogP contribution in [0.3, 0.4) is 0 Å². The van der Waals surface area contributed by atoms with E-state index in [0.717, 1.165) is 18.7 Å². The van der Waals surface area contributed by atoms with Crippen LogP contribution >= 0.6 is 0 Å². The average Bonchev–Trinajstić information content (AvgIpc) is 3.17. The van der Waals surface area contributed by atoms with E-state index in [9.17, 15) is 13.2 Å². The first-order valence-corrected chi connectivity index (χ1v) is 7.29. The van der Waals surface area contributed by atoms with Gasteiger partial charge in [0.2, 0.25) is 5.82 Å². The number of aromatic nitrogens is 3. The fourth-order valence-electron chi connectivity index (χ4n) is 2.77. The van der Waals surface area contributed by atoms with E-state index >= 15 is 0 Å². The van der Waals surface area contributed by atoms with Gasteiger partial charge in [-0.25, -0.2) is 4.98 Å². The second-order valence-electron chi connectivity index (χ2n) is 5.55. The third-order valence-corrected chi connectivity index (χ3v) is 4.09. The number of rotatable bonds is 3. The van der Waals surface area contributed by atoms with Gasteiger partial charge in [-0.1, -0.05) is 24.3 Å². The quantitative estimate of drug-likeness (QED) is 0.941. The van der Waals surface area contributed by atoms with E-state index in [4.69, 9.17) is 0 Å². The highest BCUT2D eigenvalue weighted by molar-refractivity contribution is 5.55. The van der Waals surface area contributed by atoms with Crippen LogP contribution in [-0.4, -0.2) is 33.2 Å². The first-order valence-electron chi connectivity index (χ1n) is 7.29. The minimum Gasteiger partial charge on any atom is -0.297 e. The fraction of sp³-hybridized carbons (Fsp3) is 0.467. The van der Waals surface area contributed by atoms with Gasteiger partial charge in [-0.3, -0.25) is 10.00 Å². The zero-order valence-electron chi connectivity index (χ0n) is 12.2. The molecule has 1 aromatic heterocycles. The van der Waals surface area contributed by atoms with Crippen LogP contribution in [0.25, 0.3) is 11.4 Å². The van der Waals surface area contributed by atoms with Crippen molar-refractivity contribution in [3.8, 4) is 11.4 Å². The van der Waals surface area contributed by atoms with Crippen molar-refractivity contribution < 1.29 is 13.2 Å². The van der Waals surface area contributed by atoms with E-state index in [1.807, 2.05) is 17.2 Å². The third kappa shape index (κ3) is 2.99. The highest BCUT2D eigenvalue weighted by Crippen LogP contribution is 2.29. The third-order valence-electron chi connectivity index (χ3n) is 4.09. The molecule has 0 saturated carbocycles. The number of nitrogens with one attached hydrogen (secondary N) is 1. The molecule has 1 atom stereocenters. The zero-order valence-corrected chi connectivity index (χ0v) is 12.2. The van der Waals surface area contributed by atoms with Crippen LogP contribution in [-0.2, 0) is 6.18 Å². The molecule has 7 heteroatoms. The summed E-state index contributed by atoms with van der Waals surface area (Å²) in [4.78, 5) is 5.91. The number of benzene rings is 1. The number of alkyl halides is 3. The lowest BCUT2D eigenvalue weighted by Gasteiger charge is -2.24. The summed E-state index contributed by atoms with van der Waals surface area (Å²) >= 11 is 0. The highest BCUT2D eigenvalue weighted by atomic mass is 19.4. The largest absolute Gasteiger partial charge is 0.451 e. The van der Waals surface area contributed by atoms with Crippen molar-refractivity contribution in [2.24, 2.45) is 0 Å². The number of H-pyrrole nitrogens is 1. The van der Waals surface area contributed by atoms with Crippen molar-refractivity contribution in [2.75, 3.05) is 13.1 Å². The van der Waals surface area contributed by atoms with Crippen molar-refractivity contribution in [3.05, 3.63) is 35.7 Å². The number of hydrogen-bond acceptors (Lipinski definition) is 3. The Labute approximate surface area is 126 Å². The summed E-state index contributed by atoms with van der Waals surface area (Å²) in [6, 6.07) is 7.72. The van der Waals surface area contributed by atoms with Crippen LogP contribution in [0.5, 0.6) is 0 Å². The molecule has 1 fully saturated rings. The van der Waals surface area contributed by atoms with Gasteiger partial charge >= 0.3 is 6.18 Å². The summed E-state index contributed by atoms with van der Waals surface area (Å²) in [5.41, 5.74) is 1.72. The lowest BCUT2D eigenvalue weighted by molar-refractivity contribution is -0.144. The monoisotopic (exact) mass is 310 g/mol. The Morgan fingerprint density at radius 1 is 1.14 bits per heavy atom. The topological polar surface area (TPSA) is 44.8 Å². The predicted molar refractivity (Wildman–Crippen MR) is 76.0 cm³/mol. The van der Waals surface area contributed by atoms with Gasteiger partial charge in [0.15, 0.2) is 5.82 Å². The van der Waals surface area contributed by atoms with Gasteiger partial charge in [0, 0.05) is 11.6 Å². The Balaban J connectivity index is 1.77. The Hall–Kier alpha value is -1.89. The van der Waals surface area contributed by atoms with E-state index in [0.29, 0.717) is 11.6 Å². The molecule has 0 bridgehead atoms. The maximum absolute atomic E-state index is 12.5. The van der Waals surface area contributed by atoms with Crippen molar-refractivity contribution >= 4 is 0 Å². The molecule has 1 saturated heterocycles. The van der Waals surface area contributed by atoms with Crippen molar-refractivity contribution in [3.63, 3.8) is 0 Å². The molecule has 0 radical (unpaired) electrons. The second kappa shape index (κ2) is 5.72. The average molecular weight is 310 g/mol. The molecule has 1 aliphatic rings. The van der Waals surface area contributed by atoms with Gasteiger partial charge in [0.1, 0.15) is 0 Å². The number of likely N-dealkylation sites (tertiary alicyclic amines) is 1. The van der Waals surface area contributed by atoms with Gasteiger partial charge in [0.05, 0.1) is 0 Å².